The van der Waals surface area contributed by atoms with Crippen LogP contribution in [0.3, 0.4) is 0 Å². The Morgan fingerprint density at radius 1 is 1.31 bits per heavy atom. The van der Waals surface area contributed by atoms with Gasteiger partial charge >= 0.3 is 0 Å². The molecule has 0 saturated carbocycles. The van der Waals surface area contributed by atoms with Crippen molar-refractivity contribution in [1.29, 1.82) is 0 Å². The highest BCUT2D eigenvalue weighted by atomic mass is 16.5. The molecule has 1 aliphatic rings. The Hall–Kier alpha value is -2.64. The molecule has 26 heavy (non-hydrogen) atoms. The molecule has 1 aliphatic heterocycles. The summed E-state index contributed by atoms with van der Waals surface area (Å²) in [6.07, 6.45) is 2.67. The van der Waals surface area contributed by atoms with Crippen LogP contribution in [0.15, 0.2) is 42.6 Å². The van der Waals surface area contributed by atoms with E-state index < -0.39 is 6.10 Å². The van der Waals surface area contributed by atoms with Crippen molar-refractivity contribution >= 4 is 5.91 Å². The molecule has 0 unspecified atom stereocenters. The van der Waals surface area contributed by atoms with Crippen LogP contribution in [0, 0.1) is 0 Å². The second-order valence-corrected chi connectivity index (χ2v) is 6.03. The summed E-state index contributed by atoms with van der Waals surface area (Å²) in [5.74, 6) is 1.60. The predicted molar refractivity (Wildman–Crippen MR) is 96.1 cm³/mol. The van der Waals surface area contributed by atoms with Crippen LogP contribution < -0.4 is 20.5 Å². The smallest absolute Gasteiger partial charge is 0.249 e. The summed E-state index contributed by atoms with van der Waals surface area (Å²) in [5.41, 5.74) is 6.36. The molecule has 7 nitrogen and oxygen atoms in total. The average Bonchev–Trinajstić information content (AvgIpc) is 3.16. The van der Waals surface area contributed by atoms with Crippen molar-refractivity contribution in [2.24, 2.45) is 5.73 Å². The van der Waals surface area contributed by atoms with Crippen molar-refractivity contribution in [1.82, 2.24) is 10.3 Å². The summed E-state index contributed by atoms with van der Waals surface area (Å²) < 4.78 is 16.7. The summed E-state index contributed by atoms with van der Waals surface area (Å²) >= 11 is 0. The highest BCUT2D eigenvalue weighted by Gasteiger charge is 2.29. The van der Waals surface area contributed by atoms with E-state index in [0.717, 1.165) is 12.0 Å². The molecule has 2 atom stereocenters. The van der Waals surface area contributed by atoms with E-state index in [-0.39, 0.29) is 12.0 Å². The van der Waals surface area contributed by atoms with E-state index in [1.165, 1.54) is 0 Å². The predicted octanol–water partition coefficient (Wildman–Crippen LogP) is 2.00. The molecule has 1 aromatic heterocycles. The number of amides is 1. The lowest BCUT2D eigenvalue weighted by atomic mass is 10.2. The number of benzene rings is 1. The number of methoxy groups -OCH3 is 1. The standard InChI is InChI=1S/C19H23N3O4/c1-24-14-5-2-6-15(10-14)26-19-13(4-3-9-21-19)12-22-18(23)17-8-7-16(11-20)25-17/h2-6,9-10,16-17H,7-8,11-12,20H2,1H3,(H,22,23)/t16-,17+/m1/s1. The van der Waals surface area contributed by atoms with Gasteiger partial charge in [-0.3, -0.25) is 4.79 Å². The van der Waals surface area contributed by atoms with Gasteiger partial charge in [0.05, 0.1) is 13.2 Å². The van der Waals surface area contributed by atoms with Crippen molar-refractivity contribution in [3.63, 3.8) is 0 Å². The van der Waals surface area contributed by atoms with Crippen LogP contribution in [-0.4, -0.2) is 36.8 Å². The first-order chi connectivity index (χ1) is 12.7. The lowest BCUT2D eigenvalue weighted by molar-refractivity contribution is -0.132. The molecule has 0 bridgehead atoms. The quantitative estimate of drug-likeness (QED) is 0.787. The van der Waals surface area contributed by atoms with Gasteiger partial charge in [-0.1, -0.05) is 12.1 Å². The number of pyridine rings is 1. The minimum Gasteiger partial charge on any atom is -0.497 e. The Balaban J connectivity index is 1.63. The molecule has 3 rings (SSSR count). The number of nitrogens with two attached hydrogens (primary N) is 1. The molecule has 2 heterocycles. The number of hydrogen-bond donors (Lipinski definition) is 2. The number of hydrogen-bond acceptors (Lipinski definition) is 6. The maximum Gasteiger partial charge on any atom is 0.249 e. The fourth-order valence-corrected chi connectivity index (χ4v) is 2.79. The Morgan fingerprint density at radius 3 is 2.92 bits per heavy atom. The summed E-state index contributed by atoms with van der Waals surface area (Å²) in [7, 11) is 1.60. The highest BCUT2D eigenvalue weighted by molar-refractivity contribution is 5.81. The lowest BCUT2D eigenvalue weighted by Gasteiger charge is -2.14. The number of nitrogens with one attached hydrogen (secondary N) is 1. The zero-order valence-corrected chi connectivity index (χ0v) is 14.7. The summed E-state index contributed by atoms with van der Waals surface area (Å²) in [4.78, 5) is 16.5. The molecule has 0 radical (unpaired) electrons. The van der Waals surface area contributed by atoms with Crippen molar-refractivity contribution in [2.45, 2.75) is 31.6 Å². The Bertz CT molecular complexity index is 753. The Morgan fingerprint density at radius 2 is 2.15 bits per heavy atom. The van der Waals surface area contributed by atoms with Crippen LogP contribution in [0.2, 0.25) is 0 Å². The molecule has 7 heteroatoms. The van der Waals surface area contributed by atoms with Crippen molar-refractivity contribution < 1.29 is 19.0 Å². The van der Waals surface area contributed by atoms with Gasteiger partial charge in [-0.25, -0.2) is 4.98 Å². The molecule has 1 amide bonds. The number of carbonyl (C=O) groups is 1. The van der Waals surface area contributed by atoms with E-state index in [0.29, 0.717) is 36.9 Å². The fourth-order valence-electron chi connectivity index (χ4n) is 2.79. The molecule has 1 saturated heterocycles. The fraction of sp³-hybridized carbons (Fsp3) is 0.368. The molecule has 2 aromatic rings. The van der Waals surface area contributed by atoms with Gasteiger partial charge in [-0.15, -0.1) is 0 Å². The van der Waals surface area contributed by atoms with Crippen LogP contribution in [0.25, 0.3) is 0 Å². The SMILES string of the molecule is COc1cccc(Oc2ncccc2CNC(=O)[C@@H]2CC[C@H](CN)O2)c1. The zero-order valence-electron chi connectivity index (χ0n) is 14.7. The molecule has 138 valence electrons. The van der Waals surface area contributed by atoms with E-state index in [2.05, 4.69) is 10.3 Å². The first-order valence-electron chi connectivity index (χ1n) is 8.58. The Kier molecular flexibility index (Phi) is 6.04. The van der Waals surface area contributed by atoms with Gasteiger partial charge in [0.1, 0.15) is 17.6 Å². The van der Waals surface area contributed by atoms with Crippen LogP contribution in [0.4, 0.5) is 0 Å². The molecule has 1 fully saturated rings. The topological polar surface area (TPSA) is 95.7 Å². The van der Waals surface area contributed by atoms with Crippen LogP contribution in [-0.2, 0) is 16.1 Å². The minimum absolute atomic E-state index is 0.0314. The van der Waals surface area contributed by atoms with Crippen LogP contribution in [0.1, 0.15) is 18.4 Å². The van der Waals surface area contributed by atoms with E-state index in [1.807, 2.05) is 24.3 Å². The third-order valence-electron chi connectivity index (χ3n) is 4.22. The minimum atomic E-state index is -0.442. The third-order valence-corrected chi connectivity index (χ3v) is 4.22. The van der Waals surface area contributed by atoms with E-state index >= 15 is 0 Å². The van der Waals surface area contributed by atoms with Gasteiger partial charge in [-0.05, 0) is 31.0 Å². The Labute approximate surface area is 152 Å². The van der Waals surface area contributed by atoms with Gasteiger partial charge in [0, 0.05) is 30.9 Å². The molecule has 0 spiro atoms. The summed E-state index contributed by atoms with van der Waals surface area (Å²) in [5, 5.41) is 2.88. The highest BCUT2D eigenvalue weighted by Crippen LogP contribution is 2.26. The maximum atomic E-state index is 12.3. The molecular formula is C19H23N3O4. The van der Waals surface area contributed by atoms with Crippen LogP contribution in [0.5, 0.6) is 17.4 Å². The second kappa shape index (κ2) is 8.64. The average molecular weight is 357 g/mol. The first-order valence-corrected chi connectivity index (χ1v) is 8.58. The second-order valence-electron chi connectivity index (χ2n) is 6.03. The maximum absolute atomic E-state index is 12.3. The number of aromatic nitrogens is 1. The number of ether oxygens (including phenoxy) is 3. The molecule has 1 aromatic carbocycles. The normalized spacial score (nSPS) is 19.2. The zero-order chi connectivity index (χ0) is 18.4. The summed E-state index contributed by atoms with van der Waals surface area (Å²) in [6, 6.07) is 10.9. The van der Waals surface area contributed by atoms with Gasteiger partial charge < -0.3 is 25.3 Å². The van der Waals surface area contributed by atoms with Crippen molar-refractivity contribution in [2.75, 3.05) is 13.7 Å². The van der Waals surface area contributed by atoms with Gasteiger partial charge in [-0.2, -0.15) is 0 Å². The largest absolute Gasteiger partial charge is 0.497 e. The van der Waals surface area contributed by atoms with E-state index in [9.17, 15) is 4.79 Å². The number of carbonyl (C=O) groups excluding carboxylic acids is 1. The van der Waals surface area contributed by atoms with Crippen molar-refractivity contribution in [3.8, 4) is 17.4 Å². The number of nitrogens with zero attached hydrogens (tertiary/aromatic N) is 1. The number of rotatable bonds is 7. The molecule has 3 N–H and O–H groups in total. The molecule has 0 aliphatic carbocycles. The first kappa shape index (κ1) is 18.2. The van der Waals surface area contributed by atoms with Crippen molar-refractivity contribution in [3.05, 3.63) is 48.2 Å². The monoisotopic (exact) mass is 357 g/mol. The van der Waals surface area contributed by atoms with Gasteiger partial charge in [0.2, 0.25) is 11.8 Å². The van der Waals surface area contributed by atoms with E-state index in [1.54, 1.807) is 25.4 Å². The van der Waals surface area contributed by atoms with Crippen LogP contribution >= 0.6 is 0 Å². The van der Waals surface area contributed by atoms with Gasteiger partial charge in [0.25, 0.3) is 0 Å². The summed E-state index contributed by atoms with van der Waals surface area (Å²) in [6.45, 7) is 0.740. The third kappa shape index (κ3) is 4.50. The lowest BCUT2D eigenvalue weighted by Crippen LogP contribution is -2.35. The molecular weight excluding hydrogens is 334 g/mol. The van der Waals surface area contributed by atoms with E-state index in [4.69, 9.17) is 19.9 Å². The van der Waals surface area contributed by atoms with Gasteiger partial charge in [0.15, 0.2) is 0 Å².